The molecule has 0 aliphatic carbocycles. The molecule has 5 nitrogen and oxygen atoms in total. The molecule has 0 aliphatic heterocycles. The Hall–Kier alpha value is -0.640. The van der Waals surface area contributed by atoms with E-state index in [1.54, 1.807) is 6.07 Å². The molecule has 1 heterocycles. The zero-order chi connectivity index (χ0) is 12.2. The number of hydrogen-bond acceptors (Lipinski definition) is 5. The van der Waals surface area contributed by atoms with Crippen molar-refractivity contribution in [3.05, 3.63) is 18.0 Å². The minimum atomic E-state index is -3.14. The van der Waals surface area contributed by atoms with E-state index in [9.17, 15) is 4.57 Å². The van der Waals surface area contributed by atoms with Crippen molar-refractivity contribution in [1.29, 1.82) is 0 Å². The smallest absolute Gasteiger partial charge is 0.337 e. The number of aromatic nitrogens is 1. The fraction of sp³-hybridized carbons (Fsp3) is 0.700. The number of rotatable bonds is 6. The second kappa shape index (κ2) is 5.62. The van der Waals surface area contributed by atoms with E-state index in [4.69, 9.17) is 9.05 Å². The van der Waals surface area contributed by atoms with Gasteiger partial charge >= 0.3 is 7.60 Å². The molecule has 0 atom stereocenters. The van der Waals surface area contributed by atoms with Crippen LogP contribution in [0.1, 0.15) is 33.4 Å². The maximum atomic E-state index is 12.4. The van der Waals surface area contributed by atoms with Crippen LogP contribution in [-0.2, 0) is 19.8 Å². The van der Waals surface area contributed by atoms with Crippen LogP contribution in [0.2, 0.25) is 0 Å². The molecular weight excluding hydrogens is 229 g/mol. The molecule has 1 aromatic heterocycles. The van der Waals surface area contributed by atoms with Gasteiger partial charge in [0.1, 0.15) is 6.26 Å². The first-order chi connectivity index (χ1) is 7.41. The standard InChI is InChI=1S/C10H18NO4P/c1-8(2)14-16(12,15-9(3)4)7-10-5-6-13-11-10/h5-6,8-9H,7H2,1-4H3. The van der Waals surface area contributed by atoms with Crippen molar-refractivity contribution in [2.24, 2.45) is 0 Å². The van der Waals surface area contributed by atoms with Crippen LogP contribution in [0.4, 0.5) is 0 Å². The van der Waals surface area contributed by atoms with Crippen LogP contribution in [0.25, 0.3) is 0 Å². The molecule has 0 unspecified atom stereocenters. The van der Waals surface area contributed by atoms with Gasteiger partial charge in [-0.25, -0.2) is 0 Å². The first-order valence-electron chi connectivity index (χ1n) is 5.26. The molecule has 0 radical (unpaired) electrons. The van der Waals surface area contributed by atoms with Gasteiger partial charge in [0.05, 0.1) is 24.1 Å². The van der Waals surface area contributed by atoms with Crippen molar-refractivity contribution in [2.45, 2.75) is 46.1 Å². The normalized spacial score (nSPS) is 12.6. The summed E-state index contributed by atoms with van der Waals surface area (Å²) in [4.78, 5) is 0. The molecule has 0 saturated carbocycles. The van der Waals surface area contributed by atoms with Crippen LogP contribution in [0.5, 0.6) is 0 Å². The van der Waals surface area contributed by atoms with Gasteiger partial charge < -0.3 is 13.6 Å². The van der Waals surface area contributed by atoms with Crippen LogP contribution in [0.3, 0.4) is 0 Å². The van der Waals surface area contributed by atoms with E-state index in [0.29, 0.717) is 5.69 Å². The van der Waals surface area contributed by atoms with Gasteiger partial charge in [-0.05, 0) is 27.7 Å². The molecular formula is C10H18NO4P. The highest BCUT2D eigenvalue weighted by molar-refractivity contribution is 7.53. The van der Waals surface area contributed by atoms with Crippen molar-refractivity contribution < 1.29 is 18.1 Å². The van der Waals surface area contributed by atoms with Crippen molar-refractivity contribution in [1.82, 2.24) is 5.16 Å². The van der Waals surface area contributed by atoms with Gasteiger partial charge in [-0.1, -0.05) is 5.16 Å². The first-order valence-corrected chi connectivity index (χ1v) is 6.99. The van der Waals surface area contributed by atoms with Crippen LogP contribution >= 0.6 is 7.60 Å². The Labute approximate surface area is 95.6 Å². The Morgan fingerprint density at radius 3 is 2.25 bits per heavy atom. The van der Waals surface area contributed by atoms with E-state index < -0.39 is 7.60 Å². The molecule has 92 valence electrons. The van der Waals surface area contributed by atoms with E-state index >= 15 is 0 Å². The Balaban J connectivity index is 2.74. The average molecular weight is 247 g/mol. The highest BCUT2D eigenvalue weighted by atomic mass is 31.2. The Bertz CT molecular complexity index is 334. The van der Waals surface area contributed by atoms with Crippen LogP contribution in [-0.4, -0.2) is 17.4 Å². The molecule has 0 aromatic carbocycles. The largest absolute Gasteiger partial charge is 0.364 e. The lowest BCUT2D eigenvalue weighted by Crippen LogP contribution is -2.09. The Morgan fingerprint density at radius 2 is 1.88 bits per heavy atom. The zero-order valence-corrected chi connectivity index (χ0v) is 10.9. The van der Waals surface area contributed by atoms with Gasteiger partial charge in [0.15, 0.2) is 0 Å². The molecule has 0 saturated heterocycles. The maximum absolute atomic E-state index is 12.4. The van der Waals surface area contributed by atoms with Crippen LogP contribution in [0.15, 0.2) is 16.9 Å². The van der Waals surface area contributed by atoms with Crippen LogP contribution in [0, 0.1) is 0 Å². The summed E-state index contributed by atoms with van der Waals surface area (Å²) < 4.78 is 27.8. The lowest BCUT2D eigenvalue weighted by molar-refractivity contribution is 0.141. The predicted octanol–water partition coefficient (Wildman–Crippen LogP) is 3.22. The lowest BCUT2D eigenvalue weighted by atomic mass is 10.5. The van der Waals surface area contributed by atoms with Gasteiger partial charge in [-0.2, -0.15) is 0 Å². The van der Waals surface area contributed by atoms with Gasteiger partial charge in [0.25, 0.3) is 0 Å². The topological polar surface area (TPSA) is 61.6 Å². The summed E-state index contributed by atoms with van der Waals surface area (Å²) in [6.07, 6.45) is 1.26. The predicted molar refractivity (Wildman–Crippen MR) is 60.3 cm³/mol. The molecule has 1 rings (SSSR count). The summed E-state index contributed by atoms with van der Waals surface area (Å²) in [5.74, 6) is 0. The minimum Gasteiger partial charge on any atom is -0.364 e. The summed E-state index contributed by atoms with van der Waals surface area (Å²) >= 11 is 0. The third-order valence-electron chi connectivity index (χ3n) is 1.59. The molecule has 1 aromatic rings. The first kappa shape index (κ1) is 13.4. The molecule has 0 spiro atoms. The van der Waals surface area contributed by atoms with Gasteiger partial charge in [-0.15, -0.1) is 0 Å². The number of nitrogens with zero attached hydrogens (tertiary/aromatic N) is 1. The summed E-state index contributed by atoms with van der Waals surface area (Å²) in [7, 11) is -3.14. The summed E-state index contributed by atoms with van der Waals surface area (Å²) in [6.45, 7) is 7.27. The van der Waals surface area contributed by atoms with E-state index in [2.05, 4.69) is 9.68 Å². The van der Waals surface area contributed by atoms with Crippen molar-refractivity contribution in [2.75, 3.05) is 0 Å². The second-order valence-corrected chi connectivity index (χ2v) is 6.03. The molecule has 0 bridgehead atoms. The summed E-state index contributed by atoms with van der Waals surface area (Å²) in [6, 6.07) is 1.65. The van der Waals surface area contributed by atoms with E-state index in [-0.39, 0.29) is 18.4 Å². The highest BCUT2D eigenvalue weighted by Crippen LogP contribution is 2.53. The number of hydrogen-bond donors (Lipinski definition) is 0. The summed E-state index contributed by atoms with van der Waals surface area (Å²) in [5, 5.41) is 3.71. The fourth-order valence-electron chi connectivity index (χ4n) is 1.26. The van der Waals surface area contributed by atoms with Gasteiger partial charge in [-0.3, -0.25) is 4.57 Å². The minimum absolute atomic E-state index is 0.139. The quantitative estimate of drug-likeness (QED) is 0.722. The molecule has 16 heavy (non-hydrogen) atoms. The van der Waals surface area contributed by atoms with E-state index in [1.165, 1.54) is 6.26 Å². The molecule has 0 fully saturated rings. The zero-order valence-electron chi connectivity index (χ0n) is 10.0. The Kier molecular flexibility index (Phi) is 4.71. The van der Waals surface area contributed by atoms with Crippen molar-refractivity contribution in [3.63, 3.8) is 0 Å². The highest BCUT2D eigenvalue weighted by Gasteiger charge is 2.29. The fourth-order valence-corrected chi connectivity index (χ4v) is 3.30. The lowest BCUT2D eigenvalue weighted by Gasteiger charge is -2.21. The second-order valence-electron chi connectivity index (χ2n) is 4.07. The molecule has 6 heteroatoms. The molecule has 0 N–H and O–H groups in total. The van der Waals surface area contributed by atoms with E-state index in [1.807, 2.05) is 27.7 Å². The Morgan fingerprint density at radius 1 is 1.31 bits per heavy atom. The third-order valence-corrected chi connectivity index (χ3v) is 3.79. The maximum Gasteiger partial charge on any atom is 0.337 e. The average Bonchev–Trinajstić information content (AvgIpc) is 2.51. The van der Waals surface area contributed by atoms with Crippen molar-refractivity contribution in [3.8, 4) is 0 Å². The van der Waals surface area contributed by atoms with E-state index in [0.717, 1.165) is 0 Å². The summed E-state index contributed by atoms with van der Waals surface area (Å²) in [5.41, 5.74) is 0.574. The monoisotopic (exact) mass is 247 g/mol. The van der Waals surface area contributed by atoms with Crippen molar-refractivity contribution >= 4 is 7.60 Å². The van der Waals surface area contributed by atoms with Gasteiger partial charge in [0.2, 0.25) is 0 Å². The molecule has 0 amide bonds. The van der Waals surface area contributed by atoms with Crippen LogP contribution < -0.4 is 0 Å². The molecule has 0 aliphatic rings. The third kappa shape index (κ3) is 4.47. The van der Waals surface area contributed by atoms with Gasteiger partial charge in [0, 0.05) is 6.07 Å². The SMILES string of the molecule is CC(C)OP(=O)(Cc1ccon1)OC(C)C.